The van der Waals surface area contributed by atoms with Gasteiger partial charge >= 0.3 is 5.97 Å². The first kappa shape index (κ1) is 17.9. The van der Waals surface area contributed by atoms with Gasteiger partial charge in [-0.2, -0.15) is 9.61 Å². The van der Waals surface area contributed by atoms with Gasteiger partial charge in [0.05, 0.1) is 23.9 Å². The predicted octanol–water partition coefficient (Wildman–Crippen LogP) is 2.61. The van der Waals surface area contributed by atoms with E-state index in [2.05, 4.69) is 15.0 Å². The van der Waals surface area contributed by atoms with Crippen molar-refractivity contribution >= 4 is 22.3 Å². The average molecular weight is 390 g/mol. The molecule has 0 bridgehead atoms. The summed E-state index contributed by atoms with van der Waals surface area (Å²) >= 11 is 1.33. The smallest absolute Gasteiger partial charge is 0.308 e. The zero-order chi connectivity index (χ0) is 19.0. The highest BCUT2D eigenvalue weighted by atomic mass is 32.1. The normalized spacial score (nSPS) is 17.3. The van der Waals surface area contributed by atoms with Crippen LogP contribution in [0.1, 0.15) is 29.3 Å². The predicted molar refractivity (Wildman–Crippen MR) is 97.1 cm³/mol. The molecule has 9 heteroatoms. The number of piperidine rings is 1. The highest BCUT2D eigenvalue weighted by Crippen LogP contribution is 2.41. The van der Waals surface area contributed by atoms with E-state index in [0.717, 1.165) is 5.56 Å². The first-order chi connectivity index (χ1) is 13.1. The van der Waals surface area contributed by atoms with E-state index in [1.807, 2.05) is 6.07 Å². The molecule has 0 saturated carbocycles. The largest absolute Gasteiger partial charge is 0.492 e. The summed E-state index contributed by atoms with van der Waals surface area (Å²) in [6, 6.07) is 6.04. The summed E-state index contributed by atoms with van der Waals surface area (Å²) in [4.78, 5) is 19.3. The number of ether oxygens (including phenoxy) is 1. The number of benzene rings is 1. The zero-order valence-corrected chi connectivity index (χ0v) is 15.5. The highest BCUT2D eigenvalue weighted by Gasteiger charge is 2.34. The summed E-state index contributed by atoms with van der Waals surface area (Å²) in [6.45, 7) is 1.27. The van der Waals surface area contributed by atoms with Crippen LogP contribution >= 0.6 is 11.3 Å². The molecule has 0 unspecified atom stereocenters. The number of aromatic nitrogens is 3. The second-order valence-electron chi connectivity index (χ2n) is 6.54. The fraction of sp³-hybridized carbons (Fsp3) is 0.389. The third-order valence-electron chi connectivity index (χ3n) is 4.98. The molecule has 0 spiro atoms. The Balaban J connectivity index is 1.70. The van der Waals surface area contributed by atoms with Crippen molar-refractivity contribution in [3.05, 3.63) is 46.9 Å². The van der Waals surface area contributed by atoms with Crippen molar-refractivity contribution in [2.24, 2.45) is 5.92 Å². The topological polar surface area (TPSA) is 80.0 Å². The van der Waals surface area contributed by atoms with Crippen LogP contribution in [-0.2, 0) is 9.53 Å². The Kier molecular flexibility index (Phi) is 4.79. The zero-order valence-electron chi connectivity index (χ0n) is 14.7. The van der Waals surface area contributed by atoms with Crippen LogP contribution in [0.2, 0.25) is 0 Å². The number of hydrogen-bond acceptors (Lipinski definition) is 7. The molecular weight excluding hydrogens is 371 g/mol. The molecule has 1 fully saturated rings. The van der Waals surface area contributed by atoms with Crippen LogP contribution in [0.25, 0.3) is 4.96 Å². The molecule has 0 aliphatic carbocycles. The number of likely N-dealkylation sites (tertiary alicyclic amines) is 1. The Morgan fingerprint density at radius 3 is 2.85 bits per heavy atom. The van der Waals surface area contributed by atoms with Gasteiger partial charge in [0.1, 0.15) is 12.1 Å². The summed E-state index contributed by atoms with van der Waals surface area (Å²) in [7, 11) is 1.40. The molecule has 4 rings (SSSR count). The second kappa shape index (κ2) is 7.24. The summed E-state index contributed by atoms with van der Waals surface area (Å²) in [5.41, 5.74) is 0.742. The Hall–Kier alpha value is -2.52. The number of esters is 1. The SMILES string of the molecule is COC(=O)C1CCN([C@H](c2cccc(F)c2)c2sc3ncnn3c2O)CC1. The quantitative estimate of drug-likeness (QED) is 0.690. The monoisotopic (exact) mass is 390 g/mol. The molecule has 2 aromatic heterocycles. The van der Waals surface area contributed by atoms with Gasteiger partial charge < -0.3 is 9.84 Å². The van der Waals surface area contributed by atoms with Gasteiger partial charge in [-0.25, -0.2) is 9.37 Å². The van der Waals surface area contributed by atoms with Crippen molar-refractivity contribution in [2.75, 3.05) is 20.2 Å². The molecule has 1 N–H and O–H groups in total. The fourth-order valence-corrected chi connectivity index (χ4v) is 4.73. The molecule has 7 nitrogen and oxygen atoms in total. The molecule has 1 saturated heterocycles. The van der Waals surface area contributed by atoms with Crippen molar-refractivity contribution < 1.29 is 19.0 Å². The van der Waals surface area contributed by atoms with Gasteiger partial charge in [-0.05, 0) is 43.6 Å². The van der Waals surface area contributed by atoms with Crippen LogP contribution in [-0.4, -0.2) is 50.8 Å². The fourth-order valence-electron chi connectivity index (χ4n) is 3.64. The summed E-state index contributed by atoms with van der Waals surface area (Å²) < 4.78 is 20.1. The molecule has 27 heavy (non-hydrogen) atoms. The second-order valence-corrected chi connectivity index (χ2v) is 7.54. The van der Waals surface area contributed by atoms with Crippen LogP contribution in [0, 0.1) is 11.7 Å². The first-order valence-electron chi connectivity index (χ1n) is 8.67. The number of fused-ring (bicyclic) bond motifs is 1. The Morgan fingerprint density at radius 2 is 2.19 bits per heavy atom. The minimum Gasteiger partial charge on any atom is -0.492 e. The Labute approximate surface area is 159 Å². The minimum absolute atomic E-state index is 0.0110. The van der Waals surface area contributed by atoms with Crippen LogP contribution < -0.4 is 0 Å². The van der Waals surface area contributed by atoms with Gasteiger partial charge in [0, 0.05) is 0 Å². The standard InChI is InChI=1S/C18H19FN4O3S/c1-26-17(25)11-5-7-22(8-6-11)14(12-3-2-4-13(19)9-12)15-16(24)23-18(27-15)20-10-21-23/h2-4,9-11,14,24H,5-8H2,1H3/t14-/m1/s1. The molecule has 0 amide bonds. The third kappa shape index (κ3) is 3.28. The molecule has 142 valence electrons. The molecule has 1 atom stereocenters. The number of thiazole rings is 1. The van der Waals surface area contributed by atoms with Gasteiger partial charge in [0.2, 0.25) is 10.8 Å². The molecule has 3 aromatic rings. The lowest BCUT2D eigenvalue weighted by atomic mass is 9.93. The molecule has 1 aliphatic rings. The van der Waals surface area contributed by atoms with Crippen LogP contribution in [0.15, 0.2) is 30.6 Å². The van der Waals surface area contributed by atoms with Gasteiger partial charge in [-0.15, -0.1) is 0 Å². The number of carbonyl (C=O) groups excluding carboxylic acids is 1. The van der Waals surface area contributed by atoms with Gasteiger partial charge in [-0.1, -0.05) is 23.5 Å². The van der Waals surface area contributed by atoms with Crippen molar-refractivity contribution in [3.63, 3.8) is 0 Å². The highest BCUT2D eigenvalue weighted by molar-refractivity contribution is 7.17. The van der Waals surface area contributed by atoms with E-state index in [1.54, 1.807) is 6.07 Å². The average Bonchev–Trinajstić information content (AvgIpc) is 3.26. The molecule has 0 radical (unpaired) electrons. The number of methoxy groups -OCH3 is 1. The molecule has 3 heterocycles. The maximum absolute atomic E-state index is 13.9. The number of aromatic hydroxyl groups is 1. The van der Waals surface area contributed by atoms with Gasteiger partial charge in [0.15, 0.2) is 0 Å². The lowest BCUT2D eigenvalue weighted by Crippen LogP contribution is -2.39. The van der Waals surface area contributed by atoms with Crippen molar-refractivity contribution in [3.8, 4) is 5.88 Å². The third-order valence-corrected chi connectivity index (χ3v) is 6.07. The minimum atomic E-state index is -0.340. The van der Waals surface area contributed by atoms with Crippen molar-refractivity contribution in [1.82, 2.24) is 19.5 Å². The van der Waals surface area contributed by atoms with E-state index in [1.165, 1.54) is 41.4 Å². The van der Waals surface area contributed by atoms with Crippen molar-refractivity contribution in [1.29, 1.82) is 0 Å². The van der Waals surface area contributed by atoms with Gasteiger partial charge in [0.25, 0.3) is 0 Å². The Morgan fingerprint density at radius 1 is 1.41 bits per heavy atom. The maximum atomic E-state index is 13.9. The van der Waals surface area contributed by atoms with Crippen LogP contribution in [0.5, 0.6) is 5.88 Å². The summed E-state index contributed by atoms with van der Waals surface area (Å²) in [5, 5.41) is 14.7. The van der Waals surface area contributed by atoms with E-state index in [9.17, 15) is 14.3 Å². The summed E-state index contributed by atoms with van der Waals surface area (Å²) in [5.74, 6) is -0.647. The van der Waals surface area contributed by atoms with E-state index < -0.39 is 0 Å². The van der Waals surface area contributed by atoms with Crippen molar-refractivity contribution in [2.45, 2.75) is 18.9 Å². The van der Waals surface area contributed by atoms with E-state index >= 15 is 0 Å². The number of hydrogen-bond donors (Lipinski definition) is 1. The number of rotatable bonds is 4. The number of halogens is 1. The molecule has 1 aliphatic heterocycles. The van der Waals surface area contributed by atoms with Gasteiger partial charge in [-0.3, -0.25) is 9.69 Å². The van der Waals surface area contributed by atoms with E-state index in [0.29, 0.717) is 35.8 Å². The number of carbonyl (C=O) groups is 1. The van der Waals surface area contributed by atoms with E-state index in [4.69, 9.17) is 4.74 Å². The van der Waals surface area contributed by atoms with E-state index in [-0.39, 0.29) is 29.6 Å². The Bertz CT molecular complexity index is 965. The maximum Gasteiger partial charge on any atom is 0.308 e. The van der Waals surface area contributed by atoms with Crippen LogP contribution in [0.4, 0.5) is 4.39 Å². The molecule has 1 aromatic carbocycles. The first-order valence-corrected chi connectivity index (χ1v) is 9.49. The lowest BCUT2D eigenvalue weighted by molar-refractivity contribution is -0.147. The number of nitrogens with zero attached hydrogens (tertiary/aromatic N) is 4. The molecular formula is C18H19FN4O3S. The lowest BCUT2D eigenvalue weighted by Gasteiger charge is -2.36. The summed E-state index contributed by atoms with van der Waals surface area (Å²) in [6.07, 6.45) is 2.69. The van der Waals surface area contributed by atoms with Crippen LogP contribution in [0.3, 0.4) is 0 Å².